The topological polar surface area (TPSA) is 86.7 Å². The van der Waals surface area contributed by atoms with Crippen molar-refractivity contribution in [2.24, 2.45) is 5.73 Å². The van der Waals surface area contributed by atoms with Gasteiger partial charge in [-0.15, -0.1) is 12.4 Å². The van der Waals surface area contributed by atoms with Gasteiger partial charge < -0.3 is 21.1 Å². The molecule has 1 aromatic rings. The number of aliphatic hydroxyl groups excluding tert-OH is 1. The highest BCUT2D eigenvalue weighted by Crippen LogP contribution is 2.31. The molecule has 0 amide bonds. The number of benzene rings is 1. The van der Waals surface area contributed by atoms with E-state index in [1.165, 1.54) is 0 Å². The lowest BCUT2D eigenvalue weighted by Gasteiger charge is -2.21. The lowest BCUT2D eigenvalue weighted by molar-refractivity contribution is -0.210. The Morgan fingerprint density at radius 2 is 1.47 bits per heavy atom. The summed E-state index contributed by atoms with van der Waals surface area (Å²) in [5.74, 6) is -0.861. The third-order valence-electron chi connectivity index (χ3n) is 1.99. The number of alkyl halides is 3. The van der Waals surface area contributed by atoms with E-state index in [1.54, 1.807) is 0 Å². The Kier molecular flexibility index (Phi) is 5.06. The van der Waals surface area contributed by atoms with E-state index in [0.717, 1.165) is 18.2 Å². The molecule has 0 aliphatic rings. The van der Waals surface area contributed by atoms with Crippen LogP contribution < -0.4 is 5.73 Å². The van der Waals surface area contributed by atoms with Gasteiger partial charge in [0.05, 0.1) is 6.04 Å². The van der Waals surface area contributed by atoms with Crippen molar-refractivity contribution in [3.63, 3.8) is 0 Å². The van der Waals surface area contributed by atoms with E-state index in [4.69, 9.17) is 21.1 Å². The van der Waals surface area contributed by atoms with Gasteiger partial charge in [-0.1, -0.05) is 0 Å². The van der Waals surface area contributed by atoms with Crippen LogP contribution in [0.2, 0.25) is 0 Å². The number of nitrogens with two attached hydrogens (primary N) is 1. The quantitative estimate of drug-likeness (QED) is 0.657. The predicted molar refractivity (Wildman–Crippen MR) is 56.0 cm³/mol. The first-order valence-electron chi connectivity index (χ1n) is 4.25. The number of aliphatic hydroxyl groups is 1. The Morgan fingerprint density at radius 3 is 1.82 bits per heavy atom. The van der Waals surface area contributed by atoms with Crippen LogP contribution in [-0.4, -0.2) is 27.6 Å². The molecule has 0 unspecified atom stereocenters. The summed E-state index contributed by atoms with van der Waals surface area (Å²) in [4.78, 5) is 0. The molecule has 5 N–H and O–H groups in total. The summed E-state index contributed by atoms with van der Waals surface area (Å²) in [5.41, 5.74) is 4.96. The number of hydrogen-bond donors (Lipinski definition) is 4. The molecule has 4 nitrogen and oxygen atoms in total. The Hall–Kier alpha value is -1.18. The number of halogens is 4. The first kappa shape index (κ1) is 15.8. The average Bonchev–Trinajstić information content (AvgIpc) is 2.12. The molecule has 0 aliphatic carbocycles. The highest BCUT2D eigenvalue weighted by Gasteiger charge is 2.42. The normalized spacial score (nSPS) is 14.9. The molecule has 0 saturated heterocycles. The van der Waals surface area contributed by atoms with Gasteiger partial charge >= 0.3 is 6.18 Å². The minimum Gasteiger partial charge on any atom is -0.508 e. The van der Waals surface area contributed by atoms with Crippen LogP contribution in [-0.2, 0) is 0 Å². The number of hydrogen-bond acceptors (Lipinski definition) is 4. The van der Waals surface area contributed by atoms with Gasteiger partial charge in [-0.2, -0.15) is 13.2 Å². The second-order valence-corrected chi connectivity index (χ2v) is 3.29. The van der Waals surface area contributed by atoms with Gasteiger partial charge in [0.15, 0.2) is 6.10 Å². The maximum Gasteiger partial charge on any atom is 0.416 e. The zero-order valence-corrected chi connectivity index (χ0v) is 9.16. The van der Waals surface area contributed by atoms with Crippen molar-refractivity contribution in [1.29, 1.82) is 0 Å². The van der Waals surface area contributed by atoms with E-state index in [-0.39, 0.29) is 18.0 Å². The SMILES string of the molecule is Cl.N[C@@H](c1cc(O)cc(O)c1)[C@H](O)C(F)(F)F. The third-order valence-corrected chi connectivity index (χ3v) is 1.99. The Balaban J connectivity index is 0.00000256. The van der Waals surface area contributed by atoms with Crippen LogP contribution in [0.5, 0.6) is 11.5 Å². The molecular formula is C9H11ClF3NO3. The summed E-state index contributed by atoms with van der Waals surface area (Å²) in [7, 11) is 0. The first-order chi connectivity index (χ1) is 7.21. The van der Waals surface area contributed by atoms with Crippen molar-refractivity contribution in [2.45, 2.75) is 18.3 Å². The van der Waals surface area contributed by atoms with Crippen LogP contribution >= 0.6 is 12.4 Å². The molecule has 8 heteroatoms. The minimum atomic E-state index is -4.86. The molecule has 0 bridgehead atoms. The fraction of sp³-hybridized carbons (Fsp3) is 0.333. The van der Waals surface area contributed by atoms with Gasteiger partial charge in [-0.3, -0.25) is 0 Å². The summed E-state index contributed by atoms with van der Waals surface area (Å²) in [6.45, 7) is 0. The minimum absolute atomic E-state index is 0. The number of phenolic OH excluding ortho intramolecular Hbond substituents is 2. The average molecular weight is 274 g/mol. The molecule has 0 radical (unpaired) electrons. The van der Waals surface area contributed by atoms with Gasteiger partial charge in [-0.25, -0.2) is 0 Å². The molecule has 1 rings (SSSR count). The molecule has 1 aromatic carbocycles. The van der Waals surface area contributed by atoms with Crippen molar-refractivity contribution in [1.82, 2.24) is 0 Å². The van der Waals surface area contributed by atoms with Gasteiger partial charge in [0.2, 0.25) is 0 Å². The Bertz CT molecular complexity index is 366. The van der Waals surface area contributed by atoms with Crippen molar-refractivity contribution >= 4 is 12.4 Å². The van der Waals surface area contributed by atoms with Crippen molar-refractivity contribution in [3.05, 3.63) is 23.8 Å². The lowest BCUT2D eigenvalue weighted by Crippen LogP contribution is -2.38. The monoisotopic (exact) mass is 273 g/mol. The molecule has 0 aliphatic heterocycles. The van der Waals surface area contributed by atoms with E-state index >= 15 is 0 Å². The Labute approximate surface area is 101 Å². The van der Waals surface area contributed by atoms with Gasteiger partial charge in [0, 0.05) is 6.07 Å². The van der Waals surface area contributed by atoms with E-state index < -0.39 is 29.8 Å². The van der Waals surface area contributed by atoms with Crippen LogP contribution in [0.3, 0.4) is 0 Å². The second kappa shape index (κ2) is 5.44. The van der Waals surface area contributed by atoms with Crippen molar-refractivity contribution in [3.8, 4) is 11.5 Å². The summed E-state index contributed by atoms with van der Waals surface area (Å²) in [5, 5.41) is 27.0. The van der Waals surface area contributed by atoms with E-state index in [1.807, 2.05) is 0 Å². The van der Waals surface area contributed by atoms with Crippen LogP contribution in [0.1, 0.15) is 11.6 Å². The number of phenols is 2. The summed E-state index contributed by atoms with van der Waals surface area (Å²) in [6, 6.07) is 1.06. The number of rotatable bonds is 2. The zero-order chi connectivity index (χ0) is 12.5. The Morgan fingerprint density at radius 1 is 1.06 bits per heavy atom. The zero-order valence-electron chi connectivity index (χ0n) is 8.35. The maximum absolute atomic E-state index is 12.1. The standard InChI is InChI=1S/C9H10F3NO3.ClH/c10-9(11,12)8(16)7(13)4-1-5(14)3-6(15)2-4;/h1-3,7-8,14-16H,13H2;1H/t7-,8-;/m0./s1. The third kappa shape index (κ3) is 3.95. The molecular weight excluding hydrogens is 263 g/mol. The fourth-order valence-electron chi connectivity index (χ4n) is 1.20. The van der Waals surface area contributed by atoms with Crippen molar-refractivity contribution in [2.75, 3.05) is 0 Å². The molecule has 0 aromatic heterocycles. The van der Waals surface area contributed by atoms with Gasteiger partial charge in [-0.05, 0) is 17.7 Å². The van der Waals surface area contributed by atoms with Gasteiger partial charge in [0.1, 0.15) is 11.5 Å². The predicted octanol–water partition coefficient (Wildman–Crippen LogP) is 1.44. The molecule has 0 spiro atoms. The second-order valence-electron chi connectivity index (χ2n) is 3.29. The van der Waals surface area contributed by atoms with Crippen LogP contribution in [0.25, 0.3) is 0 Å². The highest BCUT2D eigenvalue weighted by molar-refractivity contribution is 5.85. The number of aromatic hydroxyl groups is 2. The first-order valence-corrected chi connectivity index (χ1v) is 4.25. The van der Waals surface area contributed by atoms with E-state index in [9.17, 15) is 13.2 Å². The summed E-state index contributed by atoms with van der Waals surface area (Å²) < 4.78 is 36.4. The molecule has 0 heterocycles. The molecule has 0 saturated carbocycles. The van der Waals surface area contributed by atoms with E-state index in [0.29, 0.717) is 0 Å². The molecule has 17 heavy (non-hydrogen) atoms. The maximum atomic E-state index is 12.1. The van der Waals surface area contributed by atoms with E-state index in [2.05, 4.69) is 0 Å². The highest BCUT2D eigenvalue weighted by atomic mass is 35.5. The van der Waals surface area contributed by atoms with Crippen LogP contribution in [0.4, 0.5) is 13.2 Å². The summed E-state index contributed by atoms with van der Waals surface area (Å²) in [6.07, 6.45) is -7.62. The largest absolute Gasteiger partial charge is 0.508 e. The molecule has 0 fully saturated rings. The van der Waals surface area contributed by atoms with Gasteiger partial charge in [0.25, 0.3) is 0 Å². The fourth-order valence-corrected chi connectivity index (χ4v) is 1.20. The smallest absolute Gasteiger partial charge is 0.416 e. The van der Waals surface area contributed by atoms with Crippen molar-refractivity contribution < 1.29 is 28.5 Å². The molecule has 98 valence electrons. The lowest BCUT2D eigenvalue weighted by atomic mass is 10.0. The van der Waals surface area contributed by atoms with Crippen LogP contribution in [0.15, 0.2) is 18.2 Å². The summed E-state index contributed by atoms with van der Waals surface area (Å²) >= 11 is 0. The van der Waals surface area contributed by atoms with Crippen LogP contribution in [0, 0.1) is 0 Å². The molecule has 2 atom stereocenters.